The second kappa shape index (κ2) is 8.67. The Labute approximate surface area is 181 Å². The summed E-state index contributed by atoms with van der Waals surface area (Å²) in [6.07, 6.45) is 0. The second-order valence-electron chi connectivity index (χ2n) is 7.37. The van der Waals surface area contributed by atoms with E-state index in [-0.39, 0.29) is 5.78 Å². The molecule has 0 radical (unpaired) electrons. The number of Topliss-reactive ketones (excluding diaryl/α,β-unsaturated/α-hetero) is 1. The Kier molecular flexibility index (Phi) is 5.81. The van der Waals surface area contributed by atoms with Crippen LogP contribution in [0.1, 0.15) is 32.3 Å². The van der Waals surface area contributed by atoms with Crippen molar-refractivity contribution in [2.75, 3.05) is 0 Å². The Bertz CT molecular complexity index is 1150. The van der Waals surface area contributed by atoms with E-state index in [4.69, 9.17) is 0 Å². The number of thioether (sulfide) groups is 1. The summed E-state index contributed by atoms with van der Waals surface area (Å²) < 4.78 is 1.95. The molecule has 0 aliphatic carbocycles. The summed E-state index contributed by atoms with van der Waals surface area (Å²) in [6.45, 7) is 4.06. The van der Waals surface area contributed by atoms with Crippen molar-refractivity contribution in [3.05, 3.63) is 101 Å². The number of hydrogen-bond donors (Lipinski definition) is 0. The van der Waals surface area contributed by atoms with Gasteiger partial charge >= 0.3 is 0 Å². The van der Waals surface area contributed by atoms with E-state index in [0.717, 1.165) is 28.1 Å². The number of carbonyl (C=O) groups excluding carboxylic acids is 1. The number of ketones is 1. The Morgan fingerprint density at radius 1 is 0.833 bits per heavy atom. The molecule has 0 bridgehead atoms. The van der Waals surface area contributed by atoms with E-state index >= 15 is 0 Å². The fraction of sp³-hybridized carbons (Fsp3) is 0.160. The normalized spacial score (nSPS) is 12.0. The molecule has 1 heterocycles. The van der Waals surface area contributed by atoms with Gasteiger partial charge in [-0.3, -0.25) is 4.79 Å². The minimum atomic E-state index is -0.403. The van der Waals surface area contributed by atoms with Crippen LogP contribution in [0.4, 0.5) is 0 Å². The first-order chi connectivity index (χ1) is 14.5. The van der Waals surface area contributed by atoms with Crippen LogP contribution in [0.25, 0.3) is 11.4 Å². The molecule has 0 saturated carbocycles. The van der Waals surface area contributed by atoms with Gasteiger partial charge in [0.05, 0.1) is 0 Å². The van der Waals surface area contributed by atoms with Gasteiger partial charge in [-0.05, 0) is 19.4 Å². The average molecular weight is 414 g/mol. The maximum Gasteiger partial charge on any atom is 0.192 e. The van der Waals surface area contributed by atoms with E-state index in [9.17, 15) is 4.79 Å². The van der Waals surface area contributed by atoms with Gasteiger partial charge in [0.1, 0.15) is 5.25 Å². The summed E-state index contributed by atoms with van der Waals surface area (Å²) in [5, 5.41) is 9.07. The number of aromatic nitrogens is 3. The smallest absolute Gasteiger partial charge is 0.192 e. The Morgan fingerprint density at radius 3 is 2.07 bits per heavy atom. The van der Waals surface area contributed by atoms with E-state index < -0.39 is 5.25 Å². The topological polar surface area (TPSA) is 47.8 Å². The van der Waals surface area contributed by atoms with Crippen LogP contribution in [-0.2, 0) is 7.05 Å². The Balaban J connectivity index is 1.70. The van der Waals surface area contributed by atoms with E-state index in [1.54, 1.807) is 0 Å². The number of rotatable bonds is 6. The first-order valence-corrected chi connectivity index (χ1v) is 10.7. The summed E-state index contributed by atoms with van der Waals surface area (Å²) in [5.74, 6) is 0.844. The quantitative estimate of drug-likeness (QED) is 0.295. The van der Waals surface area contributed by atoms with Crippen LogP contribution >= 0.6 is 11.8 Å². The van der Waals surface area contributed by atoms with Gasteiger partial charge < -0.3 is 4.57 Å². The molecule has 0 spiro atoms. The third kappa shape index (κ3) is 4.21. The summed E-state index contributed by atoms with van der Waals surface area (Å²) in [4.78, 5) is 13.5. The third-order valence-electron chi connectivity index (χ3n) is 5.04. The van der Waals surface area contributed by atoms with E-state index in [1.165, 1.54) is 11.8 Å². The highest BCUT2D eigenvalue weighted by Crippen LogP contribution is 2.38. The highest BCUT2D eigenvalue weighted by molar-refractivity contribution is 8.00. The molecule has 4 aromatic rings. The lowest BCUT2D eigenvalue weighted by Gasteiger charge is -2.16. The molecule has 4 rings (SSSR count). The molecule has 3 aromatic carbocycles. The molecule has 5 heteroatoms. The molecule has 0 amide bonds. The standard InChI is InChI=1S/C25H23N3OS/c1-17-9-13-19(14-10-17)22(29)23(20-15-11-18(2)12-16-20)30-25-27-26-24(28(25)3)21-7-5-4-6-8-21/h4-16,23H,1-3H3/t23-/m0/s1. The van der Waals surface area contributed by atoms with E-state index in [0.29, 0.717) is 10.7 Å². The zero-order valence-corrected chi connectivity index (χ0v) is 18.1. The van der Waals surface area contributed by atoms with Crippen molar-refractivity contribution >= 4 is 17.5 Å². The molecule has 30 heavy (non-hydrogen) atoms. The summed E-state index contributed by atoms with van der Waals surface area (Å²) in [6, 6.07) is 25.8. The predicted molar refractivity (Wildman–Crippen MR) is 122 cm³/mol. The van der Waals surface area contributed by atoms with Crippen LogP contribution in [0.15, 0.2) is 84.0 Å². The van der Waals surface area contributed by atoms with Crippen LogP contribution < -0.4 is 0 Å². The zero-order chi connectivity index (χ0) is 21.1. The SMILES string of the molecule is Cc1ccc(C(=O)[C@@H](Sc2nnc(-c3ccccc3)n2C)c2ccc(C)cc2)cc1. The lowest BCUT2D eigenvalue weighted by atomic mass is 10.0. The van der Waals surface area contributed by atoms with Crippen molar-refractivity contribution in [1.29, 1.82) is 0 Å². The minimum absolute atomic E-state index is 0.0631. The van der Waals surface area contributed by atoms with Gasteiger partial charge in [-0.15, -0.1) is 10.2 Å². The first kappa shape index (κ1) is 20.1. The lowest BCUT2D eigenvalue weighted by Crippen LogP contribution is -2.11. The van der Waals surface area contributed by atoms with Crippen LogP contribution in [0.2, 0.25) is 0 Å². The molecule has 0 saturated heterocycles. The van der Waals surface area contributed by atoms with Crippen molar-refractivity contribution < 1.29 is 4.79 Å². The van der Waals surface area contributed by atoms with Crippen molar-refractivity contribution in [1.82, 2.24) is 14.8 Å². The predicted octanol–water partition coefficient (Wildman–Crippen LogP) is 5.82. The van der Waals surface area contributed by atoms with E-state index in [2.05, 4.69) is 10.2 Å². The molecule has 150 valence electrons. The number of aryl methyl sites for hydroxylation is 2. The van der Waals surface area contributed by atoms with E-state index in [1.807, 2.05) is 104 Å². The summed E-state index contributed by atoms with van der Waals surface area (Å²) in [7, 11) is 1.94. The second-order valence-corrected chi connectivity index (χ2v) is 8.44. The van der Waals surface area contributed by atoms with Gasteiger partial charge in [0.15, 0.2) is 16.8 Å². The summed E-state index contributed by atoms with van der Waals surface area (Å²) >= 11 is 1.44. The van der Waals surface area contributed by atoms with Crippen molar-refractivity contribution in [2.24, 2.45) is 7.05 Å². The fourth-order valence-electron chi connectivity index (χ4n) is 3.24. The van der Waals surface area contributed by atoms with Crippen LogP contribution in [0.5, 0.6) is 0 Å². The van der Waals surface area contributed by atoms with Crippen molar-refractivity contribution in [3.63, 3.8) is 0 Å². The van der Waals surface area contributed by atoms with Gasteiger partial charge in [0.2, 0.25) is 0 Å². The molecule has 0 N–H and O–H groups in total. The lowest BCUT2D eigenvalue weighted by molar-refractivity contribution is 0.0989. The van der Waals surface area contributed by atoms with Gasteiger partial charge in [-0.25, -0.2) is 0 Å². The highest BCUT2D eigenvalue weighted by atomic mass is 32.2. The molecule has 4 nitrogen and oxygen atoms in total. The first-order valence-electron chi connectivity index (χ1n) is 9.82. The van der Waals surface area contributed by atoms with Gasteiger partial charge in [-0.1, -0.05) is 102 Å². The number of carbonyl (C=O) groups is 1. The molecule has 1 aromatic heterocycles. The largest absolute Gasteiger partial charge is 0.305 e. The zero-order valence-electron chi connectivity index (χ0n) is 17.2. The van der Waals surface area contributed by atoms with Crippen molar-refractivity contribution in [2.45, 2.75) is 24.3 Å². The number of benzene rings is 3. The minimum Gasteiger partial charge on any atom is -0.305 e. The fourth-order valence-corrected chi connectivity index (χ4v) is 4.32. The average Bonchev–Trinajstić information content (AvgIpc) is 3.13. The highest BCUT2D eigenvalue weighted by Gasteiger charge is 2.26. The number of hydrogen-bond acceptors (Lipinski definition) is 4. The molecule has 0 unspecified atom stereocenters. The monoisotopic (exact) mass is 413 g/mol. The maximum atomic E-state index is 13.5. The number of nitrogens with zero attached hydrogens (tertiary/aromatic N) is 3. The molecule has 1 atom stereocenters. The Morgan fingerprint density at radius 2 is 1.43 bits per heavy atom. The summed E-state index contributed by atoms with van der Waals surface area (Å²) in [5.41, 5.74) is 4.95. The molecule has 0 aliphatic rings. The molecular weight excluding hydrogens is 390 g/mol. The van der Waals surface area contributed by atoms with Crippen LogP contribution in [-0.4, -0.2) is 20.5 Å². The van der Waals surface area contributed by atoms with Gasteiger partial charge in [-0.2, -0.15) is 0 Å². The molecule has 0 aliphatic heterocycles. The Hall–Kier alpha value is -3.18. The van der Waals surface area contributed by atoms with Gasteiger partial charge in [0, 0.05) is 18.2 Å². The van der Waals surface area contributed by atoms with Crippen molar-refractivity contribution in [3.8, 4) is 11.4 Å². The van der Waals surface area contributed by atoms with Crippen LogP contribution in [0, 0.1) is 13.8 Å². The third-order valence-corrected chi connectivity index (χ3v) is 6.33. The van der Waals surface area contributed by atoms with Crippen LogP contribution in [0.3, 0.4) is 0 Å². The maximum absolute atomic E-state index is 13.5. The molecular formula is C25H23N3OS. The molecule has 0 fully saturated rings. The van der Waals surface area contributed by atoms with Gasteiger partial charge in [0.25, 0.3) is 0 Å².